The van der Waals surface area contributed by atoms with E-state index in [0.717, 1.165) is 12.1 Å². The van der Waals surface area contributed by atoms with E-state index in [9.17, 15) is 8.78 Å². The van der Waals surface area contributed by atoms with Crippen molar-refractivity contribution in [2.75, 3.05) is 0 Å². The van der Waals surface area contributed by atoms with E-state index in [0.29, 0.717) is 5.06 Å². The summed E-state index contributed by atoms with van der Waals surface area (Å²) in [5.74, 6) is -1.52. The topological polar surface area (TPSA) is 9.23 Å². The van der Waals surface area contributed by atoms with Crippen molar-refractivity contribution in [3.63, 3.8) is 0 Å². The molecule has 0 unspecified atom stereocenters. The Hall–Kier alpha value is -1.42. The van der Waals surface area contributed by atoms with Gasteiger partial charge in [-0.3, -0.25) is 0 Å². The molecule has 0 fully saturated rings. The molecule has 1 aromatic carbocycles. The second-order valence-corrected chi connectivity index (χ2v) is 3.42. The van der Waals surface area contributed by atoms with Crippen molar-refractivity contribution in [1.82, 2.24) is 0 Å². The Balaban J connectivity index is 2.22. The molecule has 0 saturated carbocycles. The quantitative estimate of drug-likeness (QED) is 0.737. The molecule has 0 atom stereocenters. The predicted octanol–water partition coefficient (Wildman–Crippen LogP) is 3.62. The van der Waals surface area contributed by atoms with E-state index in [2.05, 4.69) is 6.07 Å². The number of rotatable bonds is 2. The van der Waals surface area contributed by atoms with Crippen LogP contribution in [0, 0.1) is 17.7 Å². The lowest BCUT2D eigenvalue weighted by Gasteiger charge is -2.02. The van der Waals surface area contributed by atoms with Crippen molar-refractivity contribution >= 4 is 11.3 Å². The molecule has 0 amide bonds. The van der Waals surface area contributed by atoms with Gasteiger partial charge in [-0.2, -0.15) is 0 Å². The van der Waals surface area contributed by atoms with Gasteiger partial charge < -0.3 is 4.74 Å². The summed E-state index contributed by atoms with van der Waals surface area (Å²) >= 11 is 1.33. The molecular formula is C10H5F2OS. The van der Waals surface area contributed by atoms with Gasteiger partial charge in [-0.05, 0) is 18.2 Å². The molecule has 1 heterocycles. The first-order chi connectivity index (χ1) is 6.75. The maximum Gasteiger partial charge on any atom is 0.181 e. The van der Waals surface area contributed by atoms with Gasteiger partial charge in [0.15, 0.2) is 16.7 Å². The van der Waals surface area contributed by atoms with Crippen LogP contribution in [0.5, 0.6) is 10.8 Å². The highest BCUT2D eigenvalue weighted by Gasteiger charge is 2.04. The molecule has 0 aliphatic carbocycles. The molecule has 4 heteroatoms. The molecule has 1 aromatic heterocycles. The summed E-state index contributed by atoms with van der Waals surface area (Å²) in [6.07, 6.45) is 0. The van der Waals surface area contributed by atoms with Crippen LogP contribution in [0.15, 0.2) is 29.6 Å². The maximum absolute atomic E-state index is 12.7. The van der Waals surface area contributed by atoms with Gasteiger partial charge in [-0.1, -0.05) is 0 Å². The van der Waals surface area contributed by atoms with Crippen molar-refractivity contribution in [2.45, 2.75) is 0 Å². The Morgan fingerprint density at radius 1 is 1.21 bits per heavy atom. The van der Waals surface area contributed by atoms with Crippen molar-refractivity contribution in [1.29, 1.82) is 0 Å². The van der Waals surface area contributed by atoms with Crippen LogP contribution in [-0.2, 0) is 0 Å². The zero-order valence-corrected chi connectivity index (χ0v) is 7.78. The van der Waals surface area contributed by atoms with Gasteiger partial charge in [0.2, 0.25) is 0 Å². The Morgan fingerprint density at radius 3 is 2.71 bits per heavy atom. The van der Waals surface area contributed by atoms with Crippen molar-refractivity contribution in [3.8, 4) is 10.8 Å². The molecule has 0 aliphatic rings. The first-order valence-electron chi connectivity index (χ1n) is 3.83. The van der Waals surface area contributed by atoms with Crippen LogP contribution in [0.1, 0.15) is 0 Å². The fourth-order valence-corrected chi connectivity index (χ4v) is 1.47. The molecule has 71 valence electrons. The van der Waals surface area contributed by atoms with Crippen LogP contribution >= 0.6 is 11.3 Å². The Bertz CT molecular complexity index is 426. The summed E-state index contributed by atoms with van der Waals surface area (Å²) in [4.78, 5) is 0. The zero-order chi connectivity index (χ0) is 9.97. The molecule has 0 spiro atoms. The number of thiophene rings is 1. The van der Waals surface area contributed by atoms with Crippen LogP contribution in [0.4, 0.5) is 8.78 Å². The average molecular weight is 211 g/mol. The molecule has 2 aromatic rings. The number of ether oxygens (including phenoxy) is 1. The Morgan fingerprint density at radius 2 is 2.07 bits per heavy atom. The highest BCUT2D eigenvalue weighted by molar-refractivity contribution is 7.11. The monoisotopic (exact) mass is 211 g/mol. The second kappa shape index (κ2) is 3.75. The molecule has 1 radical (unpaired) electrons. The summed E-state index contributed by atoms with van der Waals surface area (Å²) in [6.45, 7) is 0. The summed E-state index contributed by atoms with van der Waals surface area (Å²) < 4.78 is 30.5. The van der Waals surface area contributed by atoms with Gasteiger partial charge in [0, 0.05) is 17.5 Å². The SMILES string of the molecule is Fc1ccc(Oc2c[c]cs2)cc1F. The van der Waals surface area contributed by atoms with E-state index in [1.165, 1.54) is 17.4 Å². The van der Waals surface area contributed by atoms with E-state index in [1.54, 1.807) is 11.4 Å². The smallest absolute Gasteiger partial charge is 0.181 e. The minimum atomic E-state index is -0.914. The van der Waals surface area contributed by atoms with Gasteiger partial charge in [0.25, 0.3) is 0 Å². The van der Waals surface area contributed by atoms with Gasteiger partial charge in [-0.25, -0.2) is 8.78 Å². The van der Waals surface area contributed by atoms with Crippen LogP contribution in [0.2, 0.25) is 0 Å². The minimum Gasteiger partial charge on any atom is -0.447 e. The maximum atomic E-state index is 12.7. The number of halogens is 2. The van der Waals surface area contributed by atoms with Gasteiger partial charge in [-0.15, -0.1) is 11.3 Å². The third-order valence-electron chi connectivity index (χ3n) is 1.55. The first-order valence-corrected chi connectivity index (χ1v) is 4.71. The standard InChI is InChI=1S/C10H5F2OS/c11-8-4-3-7(6-9(8)12)13-10-2-1-5-14-10/h2-6H. The molecular weight excluding hydrogens is 206 g/mol. The fourth-order valence-electron chi connectivity index (χ4n) is 0.938. The molecule has 14 heavy (non-hydrogen) atoms. The van der Waals surface area contributed by atoms with Crippen molar-refractivity contribution in [2.24, 2.45) is 0 Å². The predicted molar refractivity (Wildman–Crippen MR) is 49.6 cm³/mol. The van der Waals surface area contributed by atoms with E-state index in [4.69, 9.17) is 4.74 Å². The second-order valence-electron chi connectivity index (χ2n) is 2.54. The largest absolute Gasteiger partial charge is 0.447 e. The van der Waals surface area contributed by atoms with E-state index in [1.807, 2.05) is 0 Å². The van der Waals surface area contributed by atoms with Crippen LogP contribution in [0.25, 0.3) is 0 Å². The Labute approximate surface area is 83.6 Å². The molecule has 0 N–H and O–H groups in total. The van der Waals surface area contributed by atoms with E-state index < -0.39 is 11.6 Å². The van der Waals surface area contributed by atoms with Crippen LogP contribution < -0.4 is 4.74 Å². The normalized spacial score (nSPS) is 10.1. The third-order valence-corrected chi connectivity index (χ3v) is 2.24. The first kappa shape index (κ1) is 9.15. The molecule has 0 bridgehead atoms. The highest BCUT2D eigenvalue weighted by Crippen LogP contribution is 2.26. The summed E-state index contributed by atoms with van der Waals surface area (Å²) in [5, 5.41) is 2.31. The Kier molecular flexibility index (Phi) is 2.45. The zero-order valence-electron chi connectivity index (χ0n) is 6.96. The van der Waals surface area contributed by atoms with Crippen molar-refractivity contribution < 1.29 is 13.5 Å². The molecule has 1 nitrogen and oxygen atoms in total. The van der Waals surface area contributed by atoms with Crippen LogP contribution in [-0.4, -0.2) is 0 Å². The number of hydrogen-bond acceptors (Lipinski definition) is 2. The lowest BCUT2D eigenvalue weighted by Crippen LogP contribution is -1.86. The minimum absolute atomic E-state index is 0.278. The lowest BCUT2D eigenvalue weighted by atomic mass is 10.3. The van der Waals surface area contributed by atoms with Crippen LogP contribution in [0.3, 0.4) is 0 Å². The molecule has 0 saturated heterocycles. The lowest BCUT2D eigenvalue weighted by molar-refractivity contribution is 0.470. The average Bonchev–Trinajstić information content (AvgIpc) is 2.64. The molecule has 0 aliphatic heterocycles. The fraction of sp³-hybridized carbons (Fsp3) is 0. The van der Waals surface area contributed by atoms with Gasteiger partial charge >= 0.3 is 0 Å². The summed E-state index contributed by atoms with van der Waals surface area (Å²) in [6, 6.07) is 7.84. The number of hydrogen-bond donors (Lipinski definition) is 0. The summed E-state index contributed by atoms with van der Waals surface area (Å²) in [7, 11) is 0. The third kappa shape index (κ3) is 1.90. The van der Waals surface area contributed by atoms with E-state index in [-0.39, 0.29) is 5.75 Å². The van der Waals surface area contributed by atoms with Crippen molar-refractivity contribution in [3.05, 3.63) is 47.3 Å². The number of benzene rings is 1. The van der Waals surface area contributed by atoms with Gasteiger partial charge in [0.05, 0.1) is 0 Å². The van der Waals surface area contributed by atoms with Gasteiger partial charge in [0.1, 0.15) is 5.75 Å². The van der Waals surface area contributed by atoms with E-state index >= 15 is 0 Å². The summed E-state index contributed by atoms with van der Waals surface area (Å²) in [5.41, 5.74) is 0. The highest BCUT2D eigenvalue weighted by atomic mass is 32.1. The molecule has 2 rings (SSSR count).